The van der Waals surface area contributed by atoms with Crippen molar-refractivity contribution >= 4 is 51.0 Å². The molecule has 0 spiro atoms. The molecule has 138 valence electrons. The summed E-state index contributed by atoms with van der Waals surface area (Å²) in [4.78, 5) is 6.79. The van der Waals surface area contributed by atoms with Crippen molar-refractivity contribution in [1.29, 1.82) is 0 Å². The number of thiazole rings is 1. The van der Waals surface area contributed by atoms with Crippen LogP contribution in [0.15, 0.2) is 36.4 Å². The number of halogens is 3. The summed E-state index contributed by atoms with van der Waals surface area (Å²) in [5, 5.41) is 4.38. The first kappa shape index (κ1) is 18.3. The maximum atomic E-state index is 13.5. The molecule has 2 aromatic carbocycles. The molecule has 0 fully saturated rings. The maximum absolute atomic E-state index is 13.5. The number of nitrogens with one attached hydrogen (secondary N) is 1. The predicted octanol–water partition coefficient (Wildman–Crippen LogP) is 7.18. The molecule has 0 aliphatic carbocycles. The molecule has 0 aliphatic rings. The number of benzene rings is 2. The molecule has 2 aromatic heterocycles. The highest BCUT2D eigenvalue weighted by Crippen LogP contribution is 2.40. The van der Waals surface area contributed by atoms with Crippen molar-refractivity contribution in [3.63, 3.8) is 0 Å². The molecule has 27 heavy (non-hydrogen) atoms. The summed E-state index contributed by atoms with van der Waals surface area (Å²) >= 11 is 14.4. The van der Waals surface area contributed by atoms with Crippen LogP contribution in [-0.2, 0) is 0 Å². The second-order valence-electron chi connectivity index (χ2n) is 6.35. The van der Waals surface area contributed by atoms with Crippen LogP contribution in [-0.4, -0.2) is 9.38 Å². The van der Waals surface area contributed by atoms with Crippen LogP contribution >= 0.6 is 34.5 Å². The number of para-hydroxylation sites is 1. The van der Waals surface area contributed by atoms with E-state index >= 15 is 0 Å². The van der Waals surface area contributed by atoms with Gasteiger partial charge in [-0.1, -0.05) is 35.3 Å². The minimum absolute atomic E-state index is 0.314. The number of aromatic nitrogens is 2. The number of imidazole rings is 1. The lowest BCUT2D eigenvalue weighted by Gasteiger charge is -2.14. The summed E-state index contributed by atoms with van der Waals surface area (Å²) in [5.74, 6) is 0.379. The van der Waals surface area contributed by atoms with Gasteiger partial charge in [0, 0.05) is 16.1 Å². The Kier molecular flexibility index (Phi) is 4.62. The summed E-state index contributed by atoms with van der Waals surface area (Å²) in [6, 6.07) is 10.1. The Labute approximate surface area is 170 Å². The molecule has 0 bridgehead atoms. The van der Waals surface area contributed by atoms with Crippen molar-refractivity contribution in [1.82, 2.24) is 9.38 Å². The van der Waals surface area contributed by atoms with Crippen LogP contribution in [0.4, 0.5) is 15.9 Å². The summed E-state index contributed by atoms with van der Waals surface area (Å²) < 4.78 is 15.6. The maximum Gasteiger partial charge on any atom is 0.196 e. The van der Waals surface area contributed by atoms with E-state index in [2.05, 4.69) is 16.6 Å². The van der Waals surface area contributed by atoms with Gasteiger partial charge in [-0.05, 0) is 50.6 Å². The first-order valence-electron chi connectivity index (χ1n) is 8.33. The van der Waals surface area contributed by atoms with Gasteiger partial charge in [0.25, 0.3) is 0 Å². The average Bonchev–Trinajstić information content (AvgIpc) is 3.08. The van der Waals surface area contributed by atoms with Crippen molar-refractivity contribution < 1.29 is 4.39 Å². The third kappa shape index (κ3) is 3.10. The lowest BCUT2D eigenvalue weighted by molar-refractivity contribution is 0.628. The van der Waals surface area contributed by atoms with Crippen LogP contribution in [0.25, 0.3) is 16.2 Å². The van der Waals surface area contributed by atoms with Crippen LogP contribution in [0.3, 0.4) is 0 Å². The standard InChI is InChI=1S/C20H16Cl2FN3S/c1-10-5-4-6-15(21)17(10)24-19-18(14-8-7-13(23)9-16(14)22)25-20-26(19)11(2)12(3)27-20/h4-9,24H,1-3H3. The molecule has 0 radical (unpaired) electrons. The molecule has 2 heterocycles. The number of fused-ring (bicyclic) bond motifs is 1. The van der Waals surface area contributed by atoms with Gasteiger partial charge in [-0.3, -0.25) is 4.40 Å². The van der Waals surface area contributed by atoms with Gasteiger partial charge >= 0.3 is 0 Å². The summed E-state index contributed by atoms with van der Waals surface area (Å²) in [7, 11) is 0. The number of hydrogen-bond donors (Lipinski definition) is 1. The molecular weight excluding hydrogens is 404 g/mol. The molecule has 0 atom stereocenters. The van der Waals surface area contributed by atoms with Crippen LogP contribution in [0, 0.1) is 26.6 Å². The lowest BCUT2D eigenvalue weighted by Crippen LogP contribution is -2.00. The Morgan fingerprint density at radius 2 is 1.85 bits per heavy atom. The lowest BCUT2D eigenvalue weighted by atomic mass is 10.1. The molecule has 0 saturated heterocycles. The van der Waals surface area contributed by atoms with Gasteiger partial charge in [-0.2, -0.15) is 0 Å². The Morgan fingerprint density at radius 3 is 2.56 bits per heavy atom. The monoisotopic (exact) mass is 419 g/mol. The van der Waals surface area contributed by atoms with Crippen LogP contribution < -0.4 is 5.32 Å². The largest absolute Gasteiger partial charge is 0.338 e. The van der Waals surface area contributed by atoms with E-state index in [0.717, 1.165) is 27.7 Å². The van der Waals surface area contributed by atoms with E-state index in [1.807, 2.05) is 32.0 Å². The van der Waals surface area contributed by atoms with E-state index in [1.165, 1.54) is 17.0 Å². The highest BCUT2D eigenvalue weighted by Gasteiger charge is 2.21. The van der Waals surface area contributed by atoms with Crippen LogP contribution in [0.1, 0.15) is 16.1 Å². The summed E-state index contributed by atoms with van der Waals surface area (Å²) in [6.07, 6.45) is 0. The third-order valence-corrected chi connectivity index (χ3v) is 6.27. The predicted molar refractivity (Wildman–Crippen MR) is 112 cm³/mol. The van der Waals surface area contributed by atoms with E-state index in [4.69, 9.17) is 28.2 Å². The van der Waals surface area contributed by atoms with Gasteiger partial charge in [-0.15, -0.1) is 11.3 Å². The minimum atomic E-state index is -0.381. The summed E-state index contributed by atoms with van der Waals surface area (Å²) in [6.45, 7) is 6.09. The first-order chi connectivity index (χ1) is 12.9. The topological polar surface area (TPSA) is 29.3 Å². The smallest absolute Gasteiger partial charge is 0.196 e. The fourth-order valence-electron chi connectivity index (χ4n) is 3.04. The van der Waals surface area contributed by atoms with Crippen LogP contribution in [0.5, 0.6) is 0 Å². The van der Waals surface area contributed by atoms with Gasteiger partial charge in [0.1, 0.15) is 17.3 Å². The zero-order valence-electron chi connectivity index (χ0n) is 14.9. The third-order valence-electron chi connectivity index (χ3n) is 4.59. The highest BCUT2D eigenvalue weighted by atomic mass is 35.5. The van der Waals surface area contributed by atoms with E-state index in [9.17, 15) is 4.39 Å². The first-order valence-corrected chi connectivity index (χ1v) is 9.90. The number of hydrogen-bond acceptors (Lipinski definition) is 3. The SMILES string of the molecule is Cc1cccc(Cl)c1Nc1c(-c2ccc(F)cc2Cl)nc2sc(C)c(C)n12. The molecule has 0 aliphatic heterocycles. The molecular formula is C20H16Cl2FN3S. The molecule has 7 heteroatoms. The Bertz CT molecular complexity index is 1160. The number of aryl methyl sites for hydroxylation is 3. The minimum Gasteiger partial charge on any atom is -0.338 e. The van der Waals surface area contributed by atoms with Gasteiger partial charge < -0.3 is 5.32 Å². The van der Waals surface area contributed by atoms with Crippen molar-refractivity contribution in [2.24, 2.45) is 0 Å². The molecule has 0 unspecified atom stereocenters. The fourth-order valence-corrected chi connectivity index (χ4v) is 4.54. The van der Waals surface area contributed by atoms with Gasteiger partial charge in [0.15, 0.2) is 4.96 Å². The Morgan fingerprint density at radius 1 is 1.07 bits per heavy atom. The van der Waals surface area contributed by atoms with E-state index in [0.29, 0.717) is 21.3 Å². The highest BCUT2D eigenvalue weighted by molar-refractivity contribution is 7.17. The molecule has 0 saturated carbocycles. The molecule has 0 amide bonds. The van der Waals surface area contributed by atoms with E-state index in [1.54, 1.807) is 17.4 Å². The van der Waals surface area contributed by atoms with Crippen molar-refractivity contribution in [2.45, 2.75) is 20.8 Å². The second-order valence-corrected chi connectivity index (χ2v) is 8.35. The van der Waals surface area contributed by atoms with Crippen molar-refractivity contribution in [3.05, 3.63) is 68.4 Å². The molecule has 1 N–H and O–H groups in total. The number of rotatable bonds is 3. The Balaban J connectivity index is 1.99. The average molecular weight is 420 g/mol. The molecule has 4 rings (SSSR count). The van der Waals surface area contributed by atoms with Crippen molar-refractivity contribution in [3.8, 4) is 11.3 Å². The fraction of sp³-hybridized carbons (Fsp3) is 0.150. The number of nitrogens with zero attached hydrogens (tertiary/aromatic N) is 2. The van der Waals surface area contributed by atoms with Crippen molar-refractivity contribution in [2.75, 3.05) is 5.32 Å². The van der Waals surface area contributed by atoms with E-state index < -0.39 is 0 Å². The van der Waals surface area contributed by atoms with Gasteiger partial charge in [-0.25, -0.2) is 9.37 Å². The second kappa shape index (κ2) is 6.82. The zero-order valence-corrected chi connectivity index (χ0v) is 17.2. The zero-order chi connectivity index (χ0) is 19.3. The Hall–Kier alpha value is -2.08. The molecule has 3 nitrogen and oxygen atoms in total. The normalized spacial score (nSPS) is 11.3. The van der Waals surface area contributed by atoms with Gasteiger partial charge in [0.2, 0.25) is 0 Å². The molecule has 4 aromatic rings. The van der Waals surface area contributed by atoms with Crippen LogP contribution in [0.2, 0.25) is 10.0 Å². The quantitative estimate of drug-likeness (QED) is 0.381. The van der Waals surface area contributed by atoms with E-state index in [-0.39, 0.29) is 5.82 Å². The van der Waals surface area contributed by atoms with Gasteiger partial charge in [0.05, 0.1) is 15.7 Å². The number of anilines is 2. The summed E-state index contributed by atoms with van der Waals surface area (Å²) in [5.41, 5.74) is 4.23.